The third kappa shape index (κ3) is 5.33. The van der Waals surface area contributed by atoms with Crippen molar-refractivity contribution < 1.29 is 17.4 Å². The molecule has 0 aliphatic rings. The van der Waals surface area contributed by atoms with Crippen molar-refractivity contribution in [1.82, 2.24) is 4.90 Å². The largest absolute Gasteiger partial charge is 0.382 e. The van der Waals surface area contributed by atoms with Gasteiger partial charge in [-0.2, -0.15) is 8.42 Å². The van der Waals surface area contributed by atoms with Crippen molar-refractivity contribution in [3.05, 3.63) is 29.8 Å². The van der Waals surface area contributed by atoms with Crippen molar-refractivity contribution in [3.8, 4) is 5.75 Å². The van der Waals surface area contributed by atoms with Crippen LogP contribution in [0.1, 0.15) is 46.1 Å². The van der Waals surface area contributed by atoms with E-state index in [0.717, 1.165) is 12.0 Å². The van der Waals surface area contributed by atoms with Crippen LogP contribution < -0.4 is 4.18 Å². The van der Waals surface area contributed by atoms with E-state index in [4.69, 9.17) is 4.18 Å². The van der Waals surface area contributed by atoms with E-state index >= 15 is 0 Å². The van der Waals surface area contributed by atoms with E-state index in [1.165, 1.54) is 6.92 Å². The summed E-state index contributed by atoms with van der Waals surface area (Å²) in [6, 6.07) is 6.99. The average molecular weight is 327 g/mol. The van der Waals surface area contributed by atoms with Crippen LogP contribution in [0.4, 0.5) is 0 Å². The van der Waals surface area contributed by atoms with E-state index in [1.807, 2.05) is 25.7 Å². The molecule has 0 heterocycles. The molecule has 1 rings (SSSR count). The van der Waals surface area contributed by atoms with Crippen LogP contribution in [0.3, 0.4) is 0 Å². The normalized spacial score (nSPS) is 12.7. The molecule has 1 amide bonds. The first-order chi connectivity index (χ1) is 10.3. The Bertz CT molecular complexity index is 581. The lowest BCUT2D eigenvalue weighted by atomic mass is 10.1. The first-order valence-electron chi connectivity index (χ1n) is 7.63. The maximum absolute atomic E-state index is 12.0. The minimum atomic E-state index is -3.51. The van der Waals surface area contributed by atoms with Gasteiger partial charge in [-0.1, -0.05) is 26.0 Å². The highest BCUT2D eigenvalue weighted by Crippen LogP contribution is 2.18. The van der Waals surface area contributed by atoms with Gasteiger partial charge in [0.25, 0.3) is 0 Å². The van der Waals surface area contributed by atoms with Gasteiger partial charge < -0.3 is 9.08 Å². The first-order valence-corrected chi connectivity index (χ1v) is 9.21. The Labute approximate surface area is 133 Å². The number of hydrogen-bond acceptors (Lipinski definition) is 4. The van der Waals surface area contributed by atoms with Gasteiger partial charge in [0.15, 0.2) is 0 Å². The first kappa shape index (κ1) is 18.5. The molecule has 124 valence electrons. The summed E-state index contributed by atoms with van der Waals surface area (Å²) >= 11 is 0. The van der Waals surface area contributed by atoms with Crippen LogP contribution in [0.2, 0.25) is 0 Å². The molecule has 0 aliphatic heterocycles. The van der Waals surface area contributed by atoms with Gasteiger partial charge in [-0.3, -0.25) is 4.79 Å². The Morgan fingerprint density at radius 3 is 2.23 bits per heavy atom. The van der Waals surface area contributed by atoms with E-state index in [1.54, 1.807) is 24.3 Å². The number of carbonyl (C=O) groups excluding carboxylic acids is 1. The average Bonchev–Trinajstić information content (AvgIpc) is 2.52. The highest BCUT2D eigenvalue weighted by Gasteiger charge is 2.17. The summed E-state index contributed by atoms with van der Waals surface area (Å²) in [5, 5.41) is 0. The van der Waals surface area contributed by atoms with Gasteiger partial charge in [-0.25, -0.2) is 0 Å². The molecule has 22 heavy (non-hydrogen) atoms. The van der Waals surface area contributed by atoms with Crippen molar-refractivity contribution in [2.24, 2.45) is 0 Å². The maximum atomic E-state index is 12.0. The fourth-order valence-electron chi connectivity index (χ4n) is 1.97. The minimum Gasteiger partial charge on any atom is -0.382 e. The molecular formula is C16H25NO4S. The van der Waals surface area contributed by atoms with Crippen LogP contribution in [0, 0.1) is 0 Å². The number of hydrogen-bond donors (Lipinski definition) is 0. The molecule has 0 aromatic heterocycles. The van der Waals surface area contributed by atoms with Crippen molar-refractivity contribution in [3.63, 3.8) is 0 Å². The smallest absolute Gasteiger partial charge is 0.308 e. The fraction of sp³-hybridized carbons (Fsp3) is 0.562. The van der Waals surface area contributed by atoms with Crippen molar-refractivity contribution in [2.45, 2.75) is 53.1 Å². The quantitative estimate of drug-likeness (QED) is 0.689. The van der Waals surface area contributed by atoms with E-state index in [2.05, 4.69) is 0 Å². The van der Waals surface area contributed by atoms with E-state index in [0.29, 0.717) is 18.7 Å². The Hall–Kier alpha value is -1.56. The molecule has 0 unspecified atom stereocenters. The Balaban J connectivity index is 2.83. The predicted octanol–water partition coefficient (Wildman–Crippen LogP) is 2.95. The molecule has 0 bridgehead atoms. The van der Waals surface area contributed by atoms with Gasteiger partial charge in [-0.15, -0.1) is 0 Å². The molecule has 0 saturated heterocycles. The zero-order valence-corrected chi connectivity index (χ0v) is 14.5. The Morgan fingerprint density at radius 2 is 1.77 bits per heavy atom. The molecule has 0 aliphatic carbocycles. The minimum absolute atomic E-state index is 0.0679. The number of carbonyl (C=O) groups is 1. The topological polar surface area (TPSA) is 63.7 Å². The van der Waals surface area contributed by atoms with Gasteiger partial charge in [-0.05, 0) is 38.0 Å². The van der Waals surface area contributed by atoms with Gasteiger partial charge in [0.2, 0.25) is 5.91 Å². The summed E-state index contributed by atoms with van der Waals surface area (Å²) in [7, 11) is -3.51. The predicted molar refractivity (Wildman–Crippen MR) is 87.1 cm³/mol. The van der Waals surface area contributed by atoms with Crippen LogP contribution in [-0.4, -0.2) is 31.0 Å². The van der Waals surface area contributed by atoms with Crippen molar-refractivity contribution >= 4 is 16.0 Å². The van der Waals surface area contributed by atoms with Gasteiger partial charge in [0.1, 0.15) is 5.75 Å². The molecule has 1 aromatic rings. The molecule has 0 radical (unpaired) electrons. The molecular weight excluding hydrogens is 302 g/mol. The summed E-state index contributed by atoms with van der Waals surface area (Å²) in [4.78, 5) is 13.9. The summed E-state index contributed by atoms with van der Waals surface area (Å²) in [5.41, 5.74) is 0.948. The lowest BCUT2D eigenvalue weighted by Crippen LogP contribution is -2.37. The zero-order valence-electron chi connectivity index (χ0n) is 13.7. The fourth-order valence-corrected chi connectivity index (χ4v) is 2.49. The number of benzene rings is 1. The van der Waals surface area contributed by atoms with Crippen molar-refractivity contribution in [1.29, 1.82) is 0 Å². The summed E-state index contributed by atoms with van der Waals surface area (Å²) in [5.74, 6) is 0.340. The lowest BCUT2D eigenvalue weighted by molar-refractivity contribution is -0.133. The van der Waals surface area contributed by atoms with Gasteiger partial charge in [0.05, 0.1) is 5.75 Å². The second-order valence-corrected chi connectivity index (χ2v) is 7.07. The number of rotatable bonds is 8. The van der Waals surface area contributed by atoms with Crippen LogP contribution in [0.5, 0.6) is 5.75 Å². The SMILES string of the molecule is CCC(=O)N(Cc1ccc(OS(=O)(=O)CC)cc1)[C@H](C)CC. The van der Waals surface area contributed by atoms with E-state index < -0.39 is 10.1 Å². The van der Waals surface area contributed by atoms with Gasteiger partial charge in [0, 0.05) is 19.0 Å². The summed E-state index contributed by atoms with van der Waals surface area (Å²) in [6.45, 7) is 7.98. The Kier molecular flexibility index (Phi) is 6.87. The van der Waals surface area contributed by atoms with Crippen molar-refractivity contribution in [2.75, 3.05) is 5.75 Å². The Morgan fingerprint density at radius 1 is 1.18 bits per heavy atom. The zero-order chi connectivity index (χ0) is 16.8. The highest BCUT2D eigenvalue weighted by molar-refractivity contribution is 7.87. The van der Waals surface area contributed by atoms with Gasteiger partial charge >= 0.3 is 10.1 Å². The van der Waals surface area contributed by atoms with Crippen LogP contribution >= 0.6 is 0 Å². The monoisotopic (exact) mass is 327 g/mol. The van der Waals surface area contributed by atoms with E-state index in [-0.39, 0.29) is 17.7 Å². The number of nitrogens with zero attached hydrogens (tertiary/aromatic N) is 1. The summed E-state index contributed by atoms with van der Waals surface area (Å²) in [6.07, 6.45) is 1.36. The standard InChI is InChI=1S/C16H25NO4S/c1-5-13(4)17(16(18)6-2)12-14-8-10-15(11-9-14)21-22(19,20)7-3/h8-11,13H,5-7,12H2,1-4H3/t13-/m1/s1. The maximum Gasteiger partial charge on any atom is 0.308 e. The molecule has 0 saturated carbocycles. The summed E-state index contributed by atoms with van der Waals surface area (Å²) < 4.78 is 27.8. The van der Waals surface area contributed by atoms with Crippen LogP contribution in [0.25, 0.3) is 0 Å². The van der Waals surface area contributed by atoms with E-state index in [9.17, 15) is 13.2 Å². The van der Waals surface area contributed by atoms with Crippen LogP contribution in [-0.2, 0) is 21.5 Å². The molecule has 1 atom stereocenters. The molecule has 0 N–H and O–H groups in total. The third-order valence-corrected chi connectivity index (χ3v) is 4.75. The molecule has 5 nitrogen and oxygen atoms in total. The second kappa shape index (κ2) is 8.17. The van der Waals surface area contributed by atoms with Crippen LogP contribution in [0.15, 0.2) is 24.3 Å². The molecule has 0 spiro atoms. The third-order valence-electron chi connectivity index (χ3n) is 3.60. The lowest BCUT2D eigenvalue weighted by Gasteiger charge is -2.28. The second-order valence-electron chi connectivity index (χ2n) is 5.21. The number of amides is 1. The molecule has 6 heteroatoms. The molecule has 0 fully saturated rings. The highest BCUT2D eigenvalue weighted by atomic mass is 32.2. The molecule has 1 aromatic carbocycles.